The molecule has 0 saturated heterocycles. The lowest BCUT2D eigenvalue weighted by Crippen LogP contribution is -1.96. The molecule has 15 heavy (non-hydrogen) atoms. The minimum atomic E-state index is -0.371. The first-order valence-corrected chi connectivity index (χ1v) is 4.62. The zero-order valence-corrected chi connectivity index (χ0v) is 8.23. The lowest BCUT2D eigenvalue weighted by Gasteiger charge is -2.08. The number of aromatic hydroxyl groups is 1. The van der Waals surface area contributed by atoms with E-state index < -0.39 is 0 Å². The van der Waals surface area contributed by atoms with E-state index in [1.54, 1.807) is 25.3 Å². The molecule has 0 aliphatic carbocycles. The molecule has 1 atom stereocenters. The highest BCUT2D eigenvalue weighted by Gasteiger charge is 2.14. The number of carbonyl (C=O) groups is 1. The van der Waals surface area contributed by atoms with Gasteiger partial charge in [-0.05, 0) is 19.1 Å². The van der Waals surface area contributed by atoms with Gasteiger partial charge in [0.2, 0.25) is 0 Å². The van der Waals surface area contributed by atoms with Gasteiger partial charge < -0.3 is 14.8 Å². The average molecular weight is 205 g/mol. The van der Waals surface area contributed by atoms with Crippen LogP contribution in [0.25, 0.3) is 10.9 Å². The Labute approximate surface area is 86.5 Å². The Kier molecular flexibility index (Phi) is 2.33. The maximum absolute atomic E-state index is 10.2. The van der Waals surface area contributed by atoms with Gasteiger partial charge in [0, 0.05) is 22.7 Å². The third kappa shape index (κ3) is 1.54. The van der Waals surface area contributed by atoms with Gasteiger partial charge in [0.15, 0.2) is 0 Å². The second-order valence-corrected chi connectivity index (χ2v) is 3.32. The predicted molar refractivity (Wildman–Crippen MR) is 55.5 cm³/mol. The van der Waals surface area contributed by atoms with Crippen LogP contribution in [0.3, 0.4) is 0 Å². The summed E-state index contributed by atoms with van der Waals surface area (Å²) in [7, 11) is 0. The van der Waals surface area contributed by atoms with Gasteiger partial charge in [-0.15, -0.1) is 0 Å². The van der Waals surface area contributed by atoms with Gasteiger partial charge in [-0.1, -0.05) is 6.07 Å². The average Bonchev–Trinajstić information content (AvgIpc) is 2.63. The van der Waals surface area contributed by atoms with Gasteiger partial charge in [-0.3, -0.25) is 4.79 Å². The van der Waals surface area contributed by atoms with E-state index in [1.807, 2.05) is 6.07 Å². The highest BCUT2D eigenvalue weighted by Crippen LogP contribution is 2.32. The van der Waals surface area contributed by atoms with Crippen molar-refractivity contribution in [3.8, 4) is 5.75 Å². The summed E-state index contributed by atoms with van der Waals surface area (Å²) in [5.41, 5.74) is 1.60. The Morgan fingerprint density at radius 3 is 3.07 bits per heavy atom. The van der Waals surface area contributed by atoms with Crippen molar-refractivity contribution < 1.29 is 14.6 Å². The summed E-state index contributed by atoms with van der Waals surface area (Å²) in [6, 6.07) is 5.21. The second kappa shape index (κ2) is 3.65. The van der Waals surface area contributed by atoms with Crippen LogP contribution in [-0.2, 0) is 9.53 Å². The number of nitrogens with one attached hydrogen (secondary N) is 1. The topological polar surface area (TPSA) is 62.3 Å². The number of fused-ring (bicyclic) bond motifs is 1. The van der Waals surface area contributed by atoms with Crippen molar-refractivity contribution in [2.45, 2.75) is 13.0 Å². The molecule has 4 heteroatoms. The van der Waals surface area contributed by atoms with E-state index in [2.05, 4.69) is 4.98 Å². The van der Waals surface area contributed by atoms with Crippen molar-refractivity contribution in [2.24, 2.45) is 0 Å². The number of hydrogen-bond donors (Lipinski definition) is 2. The molecule has 0 saturated carbocycles. The quantitative estimate of drug-likeness (QED) is 0.754. The molecule has 4 nitrogen and oxygen atoms in total. The van der Waals surface area contributed by atoms with Gasteiger partial charge in [0.25, 0.3) is 6.47 Å². The number of aromatic amines is 1. The molecule has 2 aromatic rings. The monoisotopic (exact) mass is 205 g/mol. The molecule has 1 aromatic heterocycles. The smallest absolute Gasteiger partial charge is 0.293 e. The second-order valence-electron chi connectivity index (χ2n) is 3.32. The van der Waals surface area contributed by atoms with Crippen molar-refractivity contribution in [3.63, 3.8) is 0 Å². The van der Waals surface area contributed by atoms with Gasteiger partial charge in [0.05, 0.1) is 0 Å². The number of H-pyrrole nitrogens is 1. The molecule has 1 unspecified atom stereocenters. The number of phenolic OH excluding ortho intramolecular Hbond substituents is 1. The maximum Gasteiger partial charge on any atom is 0.293 e. The molecule has 0 radical (unpaired) electrons. The predicted octanol–water partition coefficient (Wildman–Crippen LogP) is 2.11. The Hall–Kier alpha value is -1.97. The number of aromatic nitrogens is 1. The SMILES string of the molecule is CC(OC=O)c1c[nH]c2cccc(O)c12. The minimum Gasteiger partial charge on any atom is -0.507 e. The molecule has 0 bridgehead atoms. The van der Waals surface area contributed by atoms with E-state index in [4.69, 9.17) is 4.74 Å². The molecular formula is C11H11NO3. The Bertz CT molecular complexity index is 490. The molecular weight excluding hydrogens is 194 g/mol. The number of hydrogen-bond acceptors (Lipinski definition) is 3. The Morgan fingerprint density at radius 2 is 2.33 bits per heavy atom. The summed E-state index contributed by atoms with van der Waals surface area (Å²) in [6.07, 6.45) is 1.36. The van der Waals surface area contributed by atoms with Crippen LogP contribution in [0.2, 0.25) is 0 Å². The molecule has 1 aromatic carbocycles. The van der Waals surface area contributed by atoms with E-state index in [0.717, 1.165) is 11.1 Å². The van der Waals surface area contributed by atoms with E-state index in [1.165, 1.54) is 0 Å². The molecule has 0 spiro atoms. The van der Waals surface area contributed by atoms with E-state index in [-0.39, 0.29) is 11.9 Å². The summed E-state index contributed by atoms with van der Waals surface area (Å²) in [5.74, 6) is 0.185. The fourth-order valence-electron chi connectivity index (χ4n) is 1.67. The Morgan fingerprint density at radius 1 is 1.53 bits per heavy atom. The molecule has 0 amide bonds. The van der Waals surface area contributed by atoms with Crippen LogP contribution in [-0.4, -0.2) is 16.6 Å². The number of ether oxygens (including phenoxy) is 1. The first kappa shape index (κ1) is 9.58. The van der Waals surface area contributed by atoms with Crippen LogP contribution >= 0.6 is 0 Å². The summed E-state index contributed by atoms with van der Waals surface area (Å²) >= 11 is 0. The standard InChI is InChI=1S/C11H11NO3/c1-7(15-6-13)8-5-12-9-3-2-4-10(14)11(8)9/h2-7,12,14H,1H3. The fraction of sp³-hybridized carbons (Fsp3) is 0.182. The maximum atomic E-state index is 10.2. The number of carbonyl (C=O) groups excluding carboxylic acids is 1. The number of rotatable bonds is 3. The van der Waals surface area contributed by atoms with E-state index >= 15 is 0 Å². The summed E-state index contributed by atoms with van der Waals surface area (Å²) < 4.78 is 4.84. The van der Waals surface area contributed by atoms with Gasteiger partial charge in [-0.2, -0.15) is 0 Å². The summed E-state index contributed by atoms with van der Waals surface area (Å²) in [4.78, 5) is 13.2. The van der Waals surface area contributed by atoms with Crippen LogP contribution in [0, 0.1) is 0 Å². The third-order valence-corrected chi connectivity index (χ3v) is 2.41. The Balaban J connectivity index is 2.56. The first-order valence-electron chi connectivity index (χ1n) is 4.62. The first-order chi connectivity index (χ1) is 7.24. The van der Waals surface area contributed by atoms with Crippen LogP contribution in [0.4, 0.5) is 0 Å². The highest BCUT2D eigenvalue weighted by atomic mass is 16.5. The number of phenols is 1. The molecule has 1 heterocycles. The van der Waals surface area contributed by atoms with Crippen molar-refractivity contribution in [3.05, 3.63) is 30.0 Å². The lowest BCUT2D eigenvalue weighted by atomic mass is 10.1. The van der Waals surface area contributed by atoms with Crippen molar-refractivity contribution in [2.75, 3.05) is 0 Å². The van der Waals surface area contributed by atoms with Crippen molar-refractivity contribution in [1.29, 1.82) is 0 Å². The van der Waals surface area contributed by atoms with E-state index in [9.17, 15) is 9.90 Å². The third-order valence-electron chi connectivity index (χ3n) is 2.41. The molecule has 78 valence electrons. The van der Waals surface area contributed by atoms with Gasteiger partial charge in [0.1, 0.15) is 11.9 Å². The van der Waals surface area contributed by atoms with Crippen molar-refractivity contribution in [1.82, 2.24) is 4.98 Å². The largest absolute Gasteiger partial charge is 0.507 e. The summed E-state index contributed by atoms with van der Waals surface area (Å²) in [5, 5.41) is 10.4. The van der Waals surface area contributed by atoms with Gasteiger partial charge >= 0.3 is 0 Å². The molecule has 2 N–H and O–H groups in total. The van der Waals surface area contributed by atoms with Crippen LogP contribution in [0.1, 0.15) is 18.6 Å². The van der Waals surface area contributed by atoms with Crippen LogP contribution in [0.5, 0.6) is 5.75 Å². The fourth-order valence-corrected chi connectivity index (χ4v) is 1.67. The van der Waals surface area contributed by atoms with Crippen molar-refractivity contribution >= 4 is 17.4 Å². The van der Waals surface area contributed by atoms with Gasteiger partial charge in [-0.25, -0.2) is 0 Å². The van der Waals surface area contributed by atoms with E-state index in [0.29, 0.717) is 11.9 Å². The molecule has 0 aliphatic heterocycles. The normalized spacial score (nSPS) is 12.6. The zero-order valence-electron chi connectivity index (χ0n) is 8.23. The summed E-state index contributed by atoms with van der Waals surface area (Å²) in [6.45, 7) is 2.16. The number of benzene rings is 1. The van der Waals surface area contributed by atoms with Crippen LogP contribution in [0.15, 0.2) is 24.4 Å². The molecule has 0 aliphatic rings. The zero-order chi connectivity index (χ0) is 10.8. The minimum absolute atomic E-state index is 0.185. The molecule has 2 rings (SSSR count). The highest BCUT2D eigenvalue weighted by molar-refractivity contribution is 5.89. The lowest BCUT2D eigenvalue weighted by molar-refractivity contribution is -0.133. The molecule has 0 fully saturated rings. The van der Waals surface area contributed by atoms with Crippen LogP contribution < -0.4 is 0 Å².